The Morgan fingerprint density at radius 2 is 1.61 bits per heavy atom. The SMILES string of the molecule is CCOc1cccc(C#Cc2ccccc2C(=O)N2CCN(c3ccc(C(=O)N(C)CC45CC6CC(CC(C6)C4)C5)nn3)CC2)c1. The number of amides is 2. The van der Waals surface area contributed by atoms with E-state index in [-0.39, 0.29) is 11.8 Å². The van der Waals surface area contributed by atoms with Crippen LogP contribution in [-0.2, 0) is 0 Å². The molecule has 0 unspecified atom stereocenters. The van der Waals surface area contributed by atoms with Crippen molar-refractivity contribution in [2.75, 3.05) is 51.3 Å². The second-order valence-corrected chi connectivity index (χ2v) is 13.9. The van der Waals surface area contributed by atoms with E-state index in [2.05, 4.69) is 26.9 Å². The Morgan fingerprint density at radius 3 is 2.28 bits per heavy atom. The topological polar surface area (TPSA) is 78.9 Å². The smallest absolute Gasteiger partial charge is 0.274 e. The van der Waals surface area contributed by atoms with Gasteiger partial charge in [-0.25, -0.2) is 0 Å². The maximum absolute atomic E-state index is 13.6. The number of carbonyl (C=O) groups excluding carboxylic acids is 2. The second kappa shape index (κ2) is 12.8. The largest absolute Gasteiger partial charge is 0.494 e. The lowest BCUT2D eigenvalue weighted by molar-refractivity contribution is -0.0629. The number of piperazine rings is 1. The van der Waals surface area contributed by atoms with Crippen LogP contribution in [0.25, 0.3) is 0 Å². The van der Waals surface area contributed by atoms with E-state index < -0.39 is 0 Å². The van der Waals surface area contributed by atoms with Gasteiger partial charge in [0.2, 0.25) is 0 Å². The summed E-state index contributed by atoms with van der Waals surface area (Å²) in [4.78, 5) is 32.8. The summed E-state index contributed by atoms with van der Waals surface area (Å²) in [6.07, 6.45) is 8.03. The van der Waals surface area contributed by atoms with Gasteiger partial charge in [-0.2, -0.15) is 0 Å². The van der Waals surface area contributed by atoms with E-state index in [1.54, 1.807) is 6.07 Å². The van der Waals surface area contributed by atoms with Gasteiger partial charge in [0, 0.05) is 50.9 Å². The van der Waals surface area contributed by atoms with E-state index in [1.807, 2.05) is 78.4 Å². The molecule has 3 aromatic rings. The number of benzene rings is 2. The van der Waals surface area contributed by atoms with Gasteiger partial charge < -0.3 is 19.4 Å². The molecule has 46 heavy (non-hydrogen) atoms. The van der Waals surface area contributed by atoms with E-state index in [4.69, 9.17) is 4.74 Å². The summed E-state index contributed by atoms with van der Waals surface area (Å²) in [6.45, 7) is 5.77. The third-order valence-corrected chi connectivity index (χ3v) is 10.5. The van der Waals surface area contributed by atoms with Crippen molar-refractivity contribution in [1.29, 1.82) is 0 Å². The summed E-state index contributed by atoms with van der Waals surface area (Å²) < 4.78 is 5.59. The average Bonchev–Trinajstić information content (AvgIpc) is 3.06. The molecule has 8 heteroatoms. The molecule has 1 aromatic heterocycles. The molecule has 8 rings (SSSR count). The first-order valence-electron chi connectivity index (χ1n) is 16.9. The summed E-state index contributed by atoms with van der Waals surface area (Å²) in [6, 6.07) is 18.9. The van der Waals surface area contributed by atoms with Crippen LogP contribution in [0.5, 0.6) is 5.75 Å². The van der Waals surface area contributed by atoms with Crippen LogP contribution in [0, 0.1) is 35.0 Å². The molecule has 4 bridgehead atoms. The third kappa shape index (κ3) is 6.33. The van der Waals surface area contributed by atoms with Crippen molar-refractivity contribution >= 4 is 17.6 Å². The average molecular weight is 618 g/mol. The first kappa shape index (κ1) is 30.3. The lowest BCUT2D eigenvalue weighted by Crippen LogP contribution is -2.51. The molecule has 2 aromatic carbocycles. The number of hydrogen-bond acceptors (Lipinski definition) is 6. The van der Waals surface area contributed by atoms with E-state index in [9.17, 15) is 9.59 Å². The van der Waals surface area contributed by atoms with Gasteiger partial charge >= 0.3 is 0 Å². The van der Waals surface area contributed by atoms with E-state index >= 15 is 0 Å². The molecule has 4 aliphatic carbocycles. The van der Waals surface area contributed by atoms with Gasteiger partial charge in [0.25, 0.3) is 11.8 Å². The number of anilines is 1. The molecule has 0 N–H and O–H groups in total. The number of hydrogen-bond donors (Lipinski definition) is 0. The monoisotopic (exact) mass is 617 g/mol. The van der Waals surface area contributed by atoms with Crippen molar-refractivity contribution in [3.8, 4) is 17.6 Å². The van der Waals surface area contributed by atoms with Crippen molar-refractivity contribution in [3.05, 3.63) is 83.0 Å². The number of aromatic nitrogens is 2. The zero-order valence-corrected chi connectivity index (χ0v) is 27.0. The van der Waals surface area contributed by atoms with Crippen LogP contribution >= 0.6 is 0 Å². The number of carbonyl (C=O) groups is 2. The molecule has 0 spiro atoms. The van der Waals surface area contributed by atoms with Crippen LogP contribution in [0.3, 0.4) is 0 Å². The first-order chi connectivity index (χ1) is 22.4. The molecule has 5 aliphatic rings. The summed E-state index contributed by atoms with van der Waals surface area (Å²) in [5, 5.41) is 8.80. The van der Waals surface area contributed by atoms with Gasteiger partial charge in [-0.1, -0.05) is 30.0 Å². The van der Waals surface area contributed by atoms with Crippen LogP contribution in [0.2, 0.25) is 0 Å². The maximum atomic E-state index is 13.6. The van der Waals surface area contributed by atoms with E-state index in [0.29, 0.717) is 55.0 Å². The molecule has 4 saturated carbocycles. The Kier molecular flexibility index (Phi) is 8.42. The fourth-order valence-electron chi connectivity index (χ4n) is 8.92. The highest BCUT2D eigenvalue weighted by atomic mass is 16.5. The summed E-state index contributed by atoms with van der Waals surface area (Å²) in [5.74, 6) is 10.4. The van der Waals surface area contributed by atoms with Crippen LogP contribution in [0.1, 0.15) is 77.4 Å². The highest BCUT2D eigenvalue weighted by Gasteiger charge is 2.51. The van der Waals surface area contributed by atoms with Crippen molar-refractivity contribution < 1.29 is 14.3 Å². The molecule has 2 heterocycles. The molecule has 238 valence electrons. The Balaban J connectivity index is 0.950. The Morgan fingerprint density at radius 1 is 0.891 bits per heavy atom. The molecule has 1 saturated heterocycles. The first-order valence-corrected chi connectivity index (χ1v) is 16.9. The van der Waals surface area contributed by atoms with Gasteiger partial charge in [0.15, 0.2) is 11.5 Å². The predicted octanol–water partition coefficient (Wildman–Crippen LogP) is 5.53. The Bertz CT molecular complexity index is 1620. The quantitative estimate of drug-likeness (QED) is 0.325. The molecule has 1 aliphatic heterocycles. The molecule has 8 nitrogen and oxygen atoms in total. The van der Waals surface area contributed by atoms with Gasteiger partial charge in [-0.05, 0) is 111 Å². The lowest BCUT2D eigenvalue weighted by Gasteiger charge is -2.57. The number of rotatable bonds is 7. The van der Waals surface area contributed by atoms with E-state index in [1.165, 1.54) is 38.5 Å². The van der Waals surface area contributed by atoms with Crippen molar-refractivity contribution in [2.24, 2.45) is 23.2 Å². The molecule has 0 radical (unpaired) electrons. The lowest BCUT2D eigenvalue weighted by atomic mass is 9.49. The van der Waals surface area contributed by atoms with Gasteiger partial charge in [-0.3, -0.25) is 9.59 Å². The fraction of sp³-hybridized carbons (Fsp3) is 0.474. The standard InChI is InChI=1S/C38H43N5O3/c1-3-46-32-9-6-7-27(22-32)11-12-31-8-4-5-10-33(31)36(44)43-17-15-42(16-18-43)35-14-13-34(39-40-35)37(45)41(2)26-38-23-28-19-29(24-38)21-30(20-28)25-38/h4-10,13-14,22,28-30H,3,15-21,23-26H2,1-2H3. The molecular formula is C38H43N5O3. The summed E-state index contributed by atoms with van der Waals surface area (Å²) >= 11 is 0. The minimum absolute atomic E-state index is 0.0262. The minimum Gasteiger partial charge on any atom is -0.494 e. The van der Waals surface area contributed by atoms with Crippen LogP contribution in [-0.4, -0.2) is 78.2 Å². The Labute approximate surface area is 272 Å². The van der Waals surface area contributed by atoms with Crippen LogP contribution in [0.15, 0.2) is 60.7 Å². The Hall–Kier alpha value is -4.38. The minimum atomic E-state index is -0.0472. The zero-order chi connectivity index (χ0) is 31.7. The molecular weight excluding hydrogens is 574 g/mol. The van der Waals surface area contributed by atoms with Crippen molar-refractivity contribution in [3.63, 3.8) is 0 Å². The highest BCUT2D eigenvalue weighted by molar-refractivity contribution is 5.97. The van der Waals surface area contributed by atoms with Crippen molar-refractivity contribution in [2.45, 2.75) is 45.4 Å². The highest BCUT2D eigenvalue weighted by Crippen LogP contribution is 2.60. The molecule has 0 atom stereocenters. The predicted molar refractivity (Wildman–Crippen MR) is 178 cm³/mol. The number of ether oxygens (including phenoxy) is 1. The summed E-state index contributed by atoms with van der Waals surface area (Å²) in [7, 11) is 1.93. The fourth-order valence-corrected chi connectivity index (χ4v) is 8.92. The van der Waals surface area contributed by atoms with Crippen LogP contribution in [0.4, 0.5) is 5.82 Å². The third-order valence-electron chi connectivity index (χ3n) is 10.5. The van der Waals surface area contributed by atoms with Gasteiger partial charge in [-0.15, -0.1) is 10.2 Å². The number of nitrogens with zero attached hydrogens (tertiary/aromatic N) is 5. The normalized spacial score (nSPS) is 24.7. The molecule has 5 fully saturated rings. The second-order valence-electron chi connectivity index (χ2n) is 13.9. The van der Waals surface area contributed by atoms with Gasteiger partial charge in [0.1, 0.15) is 5.75 Å². The van der Waals surface area contributed by atoms with Gasteiger partial charge in [0.05, 0.1) is 12.2 Å². The summed E-state index contributed by atoms with van der Waals surface area (Å²) in [5.41, 5.74) is 2.84. The van der Waals surface area contributed by atoms with Crippen molar-refractivity contribution in [1.82, 2.24) is 20.0 Å². The molecule has 2 amide bonds. The van der Waals surface area contributed by atoms with E-state index in [0.717, 1.165) is 41.4 Å². The zero-order valence-electron chi connectivity index (χ0n) is 27.0. The maximum Gasteiger partial charge on any atom is 0.274 e. The van der Waals surface area contributed by atoms with Crippen LogP contribution < -0.4 is 9.64 Å².